The molecule has 0 unspecified atom stereocenters. The number of anilines is 1. The molecule has 26 heavy (non-hydrogen) atoms. The SMILES string of the molecule is COc1ccc(C(=O)N2CCOCC2)cc1NC(=O)NCc1cccs1. The lowest BCUT2D eigenvalue weighted by atomic mass is 10.1. The Labute approximate surface area is 155 Å². The van der Waals surface area contributed by atoms with Crippen LogP contribution in [0.5, 0.6) is 5.75 Å². The molecule has 0 saturated carbocycles. The van der Waals surface area contributed by atoms with Gasteiger partial charge in [0.25, 0.3) is 5.91 Å². The number of hydrogen-bond donors (Lipinski definition) is 2. The second-order valence-corrected chi connectivity index (χ2v) is 6.74. The van der Waals surface area contributed by atoms with E-state index in [0.717, 1.165) is 4.88 Å². The number of carbonyl (C=O) groups excluding carboxylic acids is 2. The zero-order valence-corrected chi connectivity index (χ0v) is 15.3. The number of amides is 3. The van der Waals surface area contributed by atoms with Gasteiger partial charge in [-0.15, -0.1) is 11.3 Å². The lowest BCUT2D eigenvalue weighted by Crippen LogP contribution is -2.40. The normalized spacial score (nSPS) is 14.0. The van der Waals surface area contributed by atoms with E-state index in [9.17, 15) is 9.59 Å². The predicted octanol–water partition coefficient (Wildman–Crippen LogP) is 2.55. The van der Waals surface area contributed by atoms with Gasteiger partial charge in [-0.25, -0.2) is 4.79 Å². The summed E-state index contributed by atoms with van der Waals surface area (Å²) < 4.78 is 10.6. The van der Waals surface area contributed by atoms with Crippen molar-refractivity contribution in [2.45, 2.75) is 6.54 Å². The lowest BCUT2D eigenvalue weighted by molar-refractivity contribution is 0.0303. The monoisotopic (exact) mass is 375 g/mol. The number of nitrogens with zero attached hydrogens (tertiary/aromatic N) is 1. The van der Waals surface area contributed by atoms with Gasteiger partial charge >= 0.3 is 6.03 Å². The molecule has 3 amide bonds. The summed E-state index contributed by atoms with van der Waals surface area (Å²) in [6, 6.07) is 8.55. The molecule has 1 aromatic heterocycles. The maximum atomic E-state index is 12.6. The Morgan fingerprint density at radius 3 is 2.77 bits per heavy atom. The first kappa shape index (κ1) is 18.2. The fourth-order valence-corrected chi connectivity index (χ4v) is 3.28. The van der Waals surface area contributed by atoms with E-state index in [1.165, 1.54) is 7.11 Å². The van der Waals surface area contributed by atoms with Gasteiger partial charge < -0.3 is 25.0 Å². The second-order valence-electron chi connectivity index (χ2n) is 5.71. The third-order valence-electron chi connectivity index (χ3n) is 4.00. The molecule has 0 aliphatic carbocycles. The zero-order chi connectivity index (χ0) is 18.4. The van der Waals surface area contributed by atoms with Crippen LogP contribution in [0.4, 0.5) is 10.5 Å². The number of thiophene rings is 1. The van der Waals surface area contributed by atoms with Crippen molar-refractivity contribution in [2.24, 2.45) is 0 Å². The summed E-state index contributed by atoms with van der Waals surface area (Å²) in [7, 11) is 1.52. The van der Waals surface area contributed by atoms with Gasteiger partial charge in [0.1, 0.15) is 5.75 Å². The van der Waals surface area contributed by atoms with Gasteiger partial charge in [0.15, 0.2) is 0 Å². The number of morpholine rings is 1. The van der Waals surface area contributed by atoms with Crippen molar-refractivity contribution in [3.63, 3.8) is 0 Å². The molecule has 1 aliphatic rings. The van der Waals surface area contributed by atoms with Gasteiger partial charge in [0.05, 0.1) is 32.6 Å². The minimum atomic E-state index is -0.354. The van der Waals surface area contributed by atoms with E-state index in [4.69, 9.17) is 9.47 Å². The molecule has 7 nitrogen and oxygen atoms in total. The highest BCUT2D eigenvalue weighted by atomic mass is 32.1. The third kappa shape index (κ3) is 4.53. The number of nitrogens with one attached hydrogen (secondary N) is 2. The molecule has 2 aromatic rings. The summed E-state index contributed by atoms with van der Waals surface area (Å²) in [5.74, 6) is 0.410. The molecule has 2 heterocycles. The first-order valence-electron chi connectivity index (χ1n) is 8.29. The largest absolute Gasteiger partial charge is 0.495 e. The lowest BCUT2D eigenvalue weighted by Gasteiger charge is -2.27. The number of urea groups is 1. The Bertz CT molecular complexity index is 758. The van der Waals surface area contributed by atoms with Crippen LogP contribution in [-0.2, 0) is 11.3 Å². The van der Waals surface area contributed by atoms with Crippen LogP contribution >= 0.6 is 11.3 Å². The second kappa shape index (κ2) is 8.68. The first-order valence-corrected chi connectivity index (χ1v) is 9.17. The van der Waals surface area contributed by atoms with E-state index in [1.807, 2.05) is 17.5 Å². The fourth-order valence-electron chi connectivity index (χ4n) is 2.63. The molecule has 138 valence electrons. The number of hydrogen-bond acceptors (Lipinski definition) is 5. The standard InChI is InChI=1S/C18H21N3O4S/c1-24-16-5-4-13(17(22)21-6-8-25-9-7-21)11-15(16)20-18(23)19-12-14-3-2-10-26-14/h2-5,10-11H,6-9,12H2,1H3,(H2,19,20,23). The van der Waals surface area contributed by atoms with Crippen LogP contribution in [0.15, 0.2) is 35.7 Å². The van der Waals surface area contributed by atoms with Crippen molar-refractivity contribution in [2.75, 3.05) is 38.7 Å². The Morgan fingerprint density at radius 2 is 2.08 bits per heavy atom. The minimum Gasteiger partial charge on any atom is -0.495 e. The molecule has 0 radical (unpaired) electrons. The van der Waals surface area contributed by atoms with Crippen molar-refractivity contribution in [3.8, 4) is 5.75 Å². The van der Waals surface area contributed by atoms with Crippen LogP contribution in [0.25, 0.3) is 0 Å². The Hall–Kier alpha value is -2.58. The van der Waals surface area contributed by atoms with Crippen molar-refractivity contribution < 1.29 is 19.1 Å². The average Bonchev–Trinajstić information content (AvgIpc) is 3.20. The van der Waals surface area contributed by atoms with E-state index < -0.39 is 0 Å². The quantitative estimate of drug-likeness (QED) is 0.842. The van der Waals surface area contributed by atoms with Crippen LogP contribution in [-0.4, -0.2) is 50.3 Å². The van der Waals surface area contributed by atoms with Crippen LogP contribution in [0.2, 0.25) is 0 Å². The van der Waals surface area contributed by atoms with E-state index in [1.54, 1.807) is 34.4 Å². The van der Waals surface area contributed by atoms with E-state index in [2.05, 4.69) is 10.6 Å². The number of ether oxygens (including phenoxy) is 2. The molecule has 0 bridgehead atoms. The highest BCUT2D eigenvalue weighted by Gasteiger charge is 2.20. The van der Waals surface area contributed by atoms with Crippen molar-refractivity contribution in [3.05, 3.63) is 46.2 Å². The maximum absolute atomic E-state index is 12.6. The molecule has 8 heteroatoms. The third-order valence-corrected chi connectivity index (χ3v) is 4.87. The number of benzene rings is 1. The molecule has 1 fully saturated rings. The van der Waals surface area contributed by atoms with Crippen LogP contribution in [0.1, 0.15) is 15.2 Å². The van der Waals surface area contributed by atoms with E-state index >= 15 is 0 Å². The van der Waals surface area contributed by atoms with Crippen LogP contribution in [0.3, 0.4) is 0 Å². The number of rotatable bonds is 5. The van der Waals surface area contributed by atoms with Gasteiger partial charge in [-0.2, -0.15) is 0 Å². The average molecular weight is 375 g/mol. The Morgan fingerprint density at radius 1 is 1.27 bits per heavy atom. The van der Waals surface area contributed by atoms with E-state index in [-0.39, 0.29) is 11.9 Å². The van der Waals surface area contributed by atoms with Crippen molar-refractivity contribution in [1.82, 2.24) is 10.2 Å². The molecule has 1 aliphatic heterocycles. The summed E-state index contributed by atoms with van der Waals surface area (Å²) in [4.78, 5) is 27.6. The molecule has 0 spiro atoms. The fraction of sp³-hybridized carbons (Fsp3) is 0.333. The van der Waals surface area contributed by atoms with E-state index in [0.29, 0.717) is 49.8 Å². The molecule has 2 N–H and O–H groups in total. The molecule has 1 aromatic carbocycles. The molecule has 1 saturated heterocycles. The minimum absolute atomic E-state index is 0.0852. The summed E-state index contributed by atoms with van der Waals surface area (Å²) in [6.45, 7) is 2.65. The Kier molecular flexibility index (Phi) is 6.08. The van der Waals surface area contributed by atoms with Crippen molar-refractivity contribution in [1.29, 1.82) is 0 Å². The maximum Gasteiger partial charge on any atom is 0.319 e. The highest BCUT2D eigenvalue weighted by Crippen LogP contribution is 2.26. The van der Waals surface area contributed by atoms with Crippen LogP contribution in [0, 0.1) is 0 Å². The summed E-state index contributed by atoms with van der Waals surface area (Å²) in [6.07, 6.45) is 0. The molecule has 3 rings (SSSR count). The predicted molar refractivity (Wildman–Crippen MR) is 99.9 cm³/mol. The molecular weight excluding hydrogens is 354 g/mol. The van der Waals surface area contributed by atoms with Gasteiger partial charge in [-0.05, 0) is 29.6 Å². The summed E-state index contributed by atoms with van der Waals surface area (Å²) in [5.41, 5.74) is 0.955. The molecular formula is C18H21N3O4S. The Balaban J connectivity index is 1.68. The summed E-state index contributed by atoms with van der Waals surface area (Å²) >= 11 is 1.57. The van der Waals surface area contributed by atoms with Gasteiger partial charge in [0.2, 0.25) is 0 Å². The van der Waals surface area contributed by atoms with Crippen LogP contribution < -0.4 is 15.4 Å². The molecule has 0 atom stereocenters. The number of carbonyl (C=O) groups is 2. The topological polar surface area (TPSA) is 79.9 Å². The van der Waals surface area contributed by atoms with Gasteiger partial charge in [-0.3, -0.25) is 4.79 Å². The van der Waals surface area contributed by atoms with Crippen molar-refractivity contribution >= 4 is 29.0 Å². The van der Waals surface area contributed by atoms with Gasteiger partial charge in [-0.1, -0.05) is 6.07 Å². The smallest absolute Gasteiger partial charge is 0.319 e. The van der Waals surface area contributed by atoms with Gasteiger partial charge in [0, 0.05) is 23.5 Å². The zero-order valence-electron chi connectivity index (χ0n) is 14.5. The first-order chi connectivity index (χ1) is 12.7. The summed E-state index contributed by atoms with van der Waals surface area (Å²) in [5, 5.41) is 7.50. The number of methoxy groups -OCH3 is 1. The highest BCUT2D eigenvalue weighted by molar-refractivity contribution is 7.09.